The summed E-state index contributed by atoms with van der Waals surface area (Å²) in [7, 11) is 1.72. The lowest BCUT2D eigenvalue weighted by atomic mass is 10.1. The Morgan fingerprint density at radius 2 is 2.14 bits per heavy atom. The smallest absolute Gasteiger partial charge is 0.151 e. The van der Waals surface area contributed by atoms with E-state index in [1.165, 1.54) is 6.07 Å². The van der Waals surface area contributed by atoms with E-state index >= 15 is 0 Å². The van der Waals surface area contributed by atoms with E-state index < -0.39 is 5.82 Å². The van der Waals surface area contributed by atoms with Gasteiger partial charge < -0.3 is 5.32 Å². The average Bonchev–Trinajstić information content (AvgIpc) is 2.23. The molecule has 0 unspecified atom stereocenters. The van der Waals surface area contributed by atoms with Crippen molar-refractivity contribution in [3.63, 3.8) is 0 Å². The fourth-order valence-electron chi connectivity index (χ4n) is 1.39. The standard InChI is InChI=1S/C10H8ClFN2/c1-13-8-5-14-4-6-2-3-7(11)10(12)9(6)8/h2-5,13H,1H3. The van der Waals surface area contributed by atoms with Crippen molar-refractivity contribution in [3.05, 3.63) is 35.4 Å². The Morgan fingerprint density at radius 3 is 2.86 bits per heavy atom. The predicted octanol–water partition coefficient (Wildman–Crippen LogP) is 3.07. The molecule has 0 saturated carbocycles. The summed E-state index contributed by atoms with van der Waals surface area (Å²) in [5.41, 5.74) is 0.641. The van der Waals surface area contributed by atoms with Crippen LogP contribution >= 0.6 is 11.6 Å². The van der Waals surface area contributed by atoms with Crippen molar-refractivity contribution in [3.8, 4) is 0 Å². The number of benzene rings is 1. The van der Waals surface area contributed by atoms with Gasteiger partial charge in [0.1, 0.15) is 0 Å². The third-order valence-electron chi connectivity index (χ3n) is 2.08. The minimum atomic E-state index is -0.407. The SMILES string of the molecule is CNc1cncc2ccc(Cl)c(F)c12. The van der Waals surface area contributed by atoms with E-state index in [4.69, 9.17) is 11.6 Å². The van der Waals surface area contributed by atoms with Crippen LogP contribution in [0, 0.1) is 5.82 Å². The molecule has 1 aromatic heterocycles. The van der Waals surface area contributed by atoms with Crippen LogP contribution in [0.5, 0.6) is 0 Å². The number of nitrogens with one attached hydrogen (secondary N) is 1. The van der Waals surface area contributed by atoms with E-state index in [-0.39, 0.29) is 5.02 Å². The molecule has 4 heteroatoms. The van der Waals surface area contributed by atoms with Crippen molar-refractivity contribution in [2.45, 2.75) is 0 Å². The van der Waals surface area contributed by atoms with Gasteiger partial charge in [-0.1, -0.05) is 17.7 Å². The zero-order valence-electron chi connectivity index (χ0n) is 7.51. The van der Waals surface area contributed by atoms with Crippen molar-refractivity contribution >= 4 is 28.1 Å². The molecule has 0 aliphatic carbocycles. The minimum absolute atomic E-state index is 0.125. The van der Waals surface area contributed by atoms with Gasteiger partial charge in [0.2, 0.25) is 0 Å². The molecular weight excluding hydrogens is 203 g/mol. The first-order valence-electron chi connectivity index (χ1n) is 4.13. The zero-order chi connectivity index (χ0) is 10.1. The number of rotatable bonds is 1. The lowest BCUT2D eigenvalue weighted by molar-refractivity contribution is 0.640. The summed E-state index contributed by atoms with van der Waals surface area (Å²) in [4.78, 5) is 3.98. The maximum Gasteiger partial charge on any atom is 0.151 e. The van der Waals surface area contributed by atoms with Gasteiger partial charge in [0, 0.05) is 24.0 Å². The van der Waals surface area contributed by atoms with Crippen LogP contribution in [0.3, 0.4) is 0 Å². The van der Waals surface area contributed by atoms with Crippen molar-refractivity contribution in [1.82, 2.24) is 4.98 Å². The normalized spacial score (nSPS) is 10.5. The Balaban J connectivity index is 2.89. The molecule has 1 aromatic carbocycles. The molecule has 2 rings (SSSR count). The van der Waals surface area contributed by atoms with Gasteiger partial charge in [-0.25, -0.2) is 4.39 Å². The largest absolute Gasteiger partial charge is 0.386 e. The van der Waals surface area contributed by atoms with Gasteiger partial charge in [-0.05, 0) is 6.07 Å². The maximum absolute atomic E-state index is 13.6. The Kier molecular flexibility index (Phi) is 2.25. The fraction of sp³-hybridized carbons (Fsp3) is 0.100. The number of aromatic nitrogens is 1. The molecular formula is C10H8ClFN2. The number of halogens is 2. The Labute approximate surface area is 85.7 Å². The summed E-state index contributed by atoms with van der Waals surface area (Å²) < 4.78 is 13.6. The molecule has 0 saturated heterocycles. The van der Waals surface area contributed by atoms with Gasteiger partial charge in [-0.2, -0.15) is 0 Å². The maximum atomic E-state index is 13.6. The summed E-state index contributed by atoms with van der Waals surface area (Å²) in [6.45, 7) is 0. The lowest BCUT2D eigenvalue weighted by Crippen LogP contribution is -1.93. The first kappa shape index (κ1) is 9.21. The summed E-state index contributed by atoms with van der Waals surface area (Å²) in [5, 5.41) is 4.22. The molecule has 14 heavy (non-hydrogen) atoms. The number of pyridine rings is 1. The summed E-state index contributed by atoms with van der Waals surface area (Å²) in [6, 6.07) is 3.27. The quantitative estimate of drug-likeness (QED) is 0.783. The van der Waals surface area contributed by atoms with E-state index in [2.05, 4.69) is 10.3 Å². The van der Waals surface area contributed by atoms with Gasteiger partial charge in [0.15, 0.2) is 5.82 Å². The van der Waals surface area contributed by atoms with Crippen LogP contribution in [-0.4, -0.2) is 12.0 Å². The molecule has 0 radical (unpaired) electrons. The molecule has 2 aromatic rings. The Hall–Kier alpha value is -1.35. The second kappa shape index (κ2) is 3.42. The van der Waals surface area contributed by atoms with Crippen molar-refractivity contribution in [1.29, 1.82) is 0 Å². The van der Waals surface area contributed by atoms with Crippen molar-refractivity contribution in [2.24, 2.45) is 0 Å². The van der Waals surface area contributed by atoms with Gasteiger partial charge in [0.25, 0.3) is 0 Å². The number of fused-ring (bicyclic) bond motifs is 1. The van der Waals surface area contributed by atoms with E-state index in [1.807, 2.05) is 0 Å². The van der Waals surface area contributed by atoms with Crippen molar-refractivity contribution in [2.75, 3.05) is 12.4 Å². The monoisotopic (exact) mass is 210 g/mol. The molecule has 2 nitrogen and oxygen atoms in total. The molecule has 0 aliphatic heterocycles. The van der Waals surface area contributed by atoms with Crippen LogP contribution in [0.1, 0.15) is 0 Å². The lowest BCUT2D eigenvalue weighted by Gasteiger charge is -2.06. The van der Waals surface area contributed by atoms with E-state index in [0.717, 1.165) is 5.39 Å². The topological polar surface area (TPSA) is 24.9 Å². The van der Waals surface area contributed by atoms with Crippen LogP contribution in [0.2, 0.25) is 5.02 Å². The fourth-order valence-corrected chi connectivity index (χ4v) is 1.55. The predicted molar refractivity (Wildman–Crippen MR) is 56.3 cm³/mol. The van der Waals surface area contributed by atoms with E-state index in [1.54, 1.807) is 25.5 Å². The summed E-state index contributed by atoms with van der Waals surface area (Å²) in [6.07, 6.45) is 3.18. The van der Waals surface area contributed by atoms with Crippen LogP contribution in [0.25, 0.3) is 10.8 Å². The molecule has 72 valence electrons. The molecule has 0 fully saturated rings. The number of anilines is 1. The van der Waals surface area contributed by atoms with E-state index in [0.29, 0.717) is 11.1 Å². The number of hydrogen-bond donors (Lipinski definition) is 1. The molecule has 1 heterocycles. The Morgan fingerprint density at radius 1 is 1.36 bits per heavy atom. The van der Waals surface area contributed by atoms with Crippen LogP contribution in [0.4, 0.5) is 10.1 Å². The van der Waals surface area contributed by atoms with E-state index in [9.17, 15) is 4.39 Å². The molecule has 0 bridgehead atoms. The molecule has 0 amide bonds. The van der Waals surface area contributed by atoms with Gasteiger partial charge in [0.05, 0.1) is 16.9 Å². The first-order valence-corrected chi connectivity index (χ1v) is 4.51. The van der Waals surface area contributed by atoms with Crippen LogP contribution < -0.4 is 5.32 Å². The van der Waals surface area contributed by atoms with Gasteiger partial charge >= 0.3 is 0 Å². The minimum Gasteiger partial charge on any atom is -0.386 e. The van der Waals surface area contributed by atoms with Gasteiger partial charge in [-0.3, -0.25) is 4.98 Å². The summed E-state index contributed by atoms with van der Waals surface area (Å²) in [5.74, 6) is -0.407. The molecule has 1 N–H and O–H groups in total. The van der Waals surface area contributed by atoms with Crippen LogP contribution in [-0.2, 0) is 0 Å². The number of hydrogen-bond acceptors (Lipinski definition) is 2. The summed E-state index contributed by atoms with van der Waals surface area (Å²) >= 11 is 5.69. The highest BCUT2D eigenvalue weighted by molar-refractivity contribution is 6.31. The first-order chi connectivity index (χ1) is 6.74. The van der Waals surface area contributed by atoms with Crippen molar-refractivity contribution < 1.29 is 4.39 Å². The molecule has 0 atom stereocenters. The Bertz CT molecular complexity index is 485. The van der Waals surface area contributed by atoms with Crippen LogP contribution in [0.15, 0.2) is 24.5 Å². The highest BCUT2D eigenvalue weighted by atomic mass is 35.5. The molecule has 0 spiro atoms. The highest BCUT2D eigenvalue weighted by Crippen LogP contribution is 2.29. The molecule has 0 aliphatic rings. The third kappa shape index (κ3) is 1.30. The average molecular weight is 211 g/mol. The second-order valence-electron chi connectivity index (χ2n) is 2.90. The number of nitrogens with zero attached hydrogens (tertiary/aromatic N) is 1. The third-order valence-corrected chi connectivity index (χ3v) is 2.37. The second-order valence-corrected chi connectivity index (χ2v) is 3.30. The zero-order valence-corrected chi connectivity index (χ0v) is 8.27. The highest BCUT2D eigenvalue weighted by Gasteiger charge is 2.09. The van der Waals surface area contributed by atoms with Gasteiger partial charge in [-0.15, -0.1) is 0 Å².